The zero-order valence-electron chi connectivity index (χ0n) is 15.5. The van der Waals surface area contributed by atoms with E-state index >= 15 is 0 Å². The van der Waals surface area contributed by atoms with Crippen molar-refractivity contribution < 1.29 is 18.5 Å². The van der Waals surface area contributed by atoms with E-state index in [1.165, 1.54) is 30.3 Å². The second-order valence-electron chi connectivity index (χ2n) is 6.22. The Morgan fingerprint density at radius 3 is 2.62 bits per heavy atom. The van der Waals surface area contributed by atoms with Crippen molar-refractivity contribution in [1.29, 1.82) is 0 Å². The fraction of sp³-hybridized carbons (Fsp3) is 0.211. The molecule has 3 aromatic rings. The molecule has 0 aliphatic heterocycles. The second kappa shape index (κ2) is 8.82. The summed E-state index contributed by atoms with van der Waals surface area (Å²) in [5.41, 5.74) is 1.11. The third-order valence-corrected chi connectivity index (χ3v) is 5.02. The molecule has 150 valence electrons. The van der Waals surface area contributed by atoms with Crippen LogP contribution in [0.25, 0.3) is 11.5 Å². The molecule has 0 saturated carbocycles. The number of carbonyl (C=O) groups excluding carboxylic acids is 1. The zero-order valence-corrected chi connectivity index (χ0v) is 16.4. The number of nitro benzene ring substituents is 1. The van der Waals surface area contributed by atoms with Gasteiger partial charge in [0.05, 0.1) is 16.2 Å². The lowest BCUT2D eigenvalue weighted by molar-refractivity contribution is -0.384. The lowest BCUT2D eigenvalue weighted by Gasteiger charge is -2.16. The number of halogens is 1. The number of aromatic nitrogens is 2. The SMILES string of the molecule is C[C@H](NC(=O)[C@@H](C)Sc1nnc(-c2cccc([N+](=O)[O-])c2)o1)c1ccc(F)cc1. The fourth-order valence-corrected chi connectivity index (χ4v) is 3.19. The smallest absolute Gasteiger partial charge is 0.277 e. The summed E-state index contributed by atoms with van der Waals surface area (Å²) < 4.78 is 18.5. The largest absolute Gasteiger partial charge is 0.411 e. The van der Waals surface area contributed by atoms with Crippen molar-refractivity contribution in [2.24, 2.45) is 0 Å². The third-order valence-electron chi connectivity index (χ3n) is 4.09. The maximum Gasteiger partial charge on any atom is 0.277 e. The number of benzene rings is 2. The Hall–Kier alpha value is -3.27. The Morgan fingerprint density at radius 1 is 1.21 bits per heavy atom. The molecule has 0 aliphatic rings. The van der Waals surface area contributed by atoms with Crippen LogP contribution in [0.5, 0.6) is 0 Å². The highest BCUT2D eigenvalue weighted by molar-refractivity contribution is 8.00. The van der Waals surface area contributed by atoms with Crippen LogP contribution < -0.4 is 5.32 Å². The van der Waals surface area contributed by atoms with Crippen LogP contribution in [0.4, 0.5) is 10.1 Å². The van der Waals surface area contributed by atoms with Crippen LogP contribution in [-0.4, -0.2) is 26.3 Å². The quantitative estimate of drug-likeness (QED) is 0.350. The molecule has 0 spiro atoms. The van der Waals surface area contributed by atoms with Crippen LogP contribution in [0, 0.1) is 15.9 Å². The van der Waals surface area contributed by atoms with Crippen molar-refractivity contribution in [2.45, 2.75) is 30.4 Å². The number of hydrogen-bond acceptors (Lipinski definition) is 7. The minimum atomic E-state index is -0.531. The summed E-state index contributed by atoms with van der Waals surface area (Å²) in [6, 6.07) is 11.4. The summed E-state index contributed by atoms with van der Waals surface area (Å²) in [5, 5.41) is 21.2. The number of nitrogens with zero attached hydrogens (tertiary/aromatic N) is 3. The van der Waals surface area contributed by atoms with Gasteiger partial charge in [0.1, 0.15) is 5.82 Å². The molecule has 3 rings (SSSR count). The first kappa shape index (κ1) is 20.5. The first-order chi connectivity index (χ1) is 13.8. The summed E-state index contributed by atoms with van der Waals surface area (Å²) >= 11 is 1.07. The molecular weight excluding hydrogens is 399 g/mol. The number of nitro groups is 1. The van der Waals surface area contributed by atoms with E-state index in [0.717, 1.165) is 17.3 Å². The Kier molecular flexibility index (Phi) is 6.23. The predicted octanol–water partition coefficient (Wildman–Crippen LogP) is 4.14. The van der Waals surface area contributed by atoms with E-state index in [-0.39, 0.29) is 34.6 Å². The number of rotatable bonds is 7. The minimum Gasteiger partial charge on any atom is -0.411 e. The Morgan fingerprint density at radius 2 is 1.93 bits per heavy atom. The highest BCUT2D eigenvalue weighted by Crippen LogP contribution is 2.28. The molecule has 0 bridgehead atoms. The van der Waals surface area contributed by atoms with Crippen LogP contribution in [0.1, 0.15) is 25.5 Å². The van der Waals surface area contributed by atoms with Gasteiger partial charge >= 0.3 is 0 Å². The van der Waals surface area contributed by atoms with Gasteiger partial charge in [-0.25, -0.2) is 4.39 Å². The van der Waals surface area contributed by atoms with E-state index in [2.05, 4.69) is 15.5 Å². The highest BCUT2D eigenvalue weighted by atomic mass is 32.2. The van der Waals surface area contributed by atoms with Gasteiger partial charge < -0.3 is 9.73 Å². The maximum atomic E-state index is 13.0. The lowest BCUT2D eigenvalue weighted by atomic mass is 10.1. The van der Waals surface area contributed by atoms with Gasteiger partial charge in [-0.1, -0.05) is 30.0 Å². The van der Waals surface area contributed by atoms with Crippen molar-refractivity contribution in [3.8, 4) is 11.5 Å². The van der Waals surface area contributed by atoms with Crippen molar-refractivity contribution in [3.05, 3.63) is 70.0 Å². The standard InChI is InChI=1S/C19H17FN4O4S/c1-11(13-6-8-15(20)9-7-13)21-17(25)12(2)29-19-23-22-18(28-19)14-4-3-5-16(10-14)24(26)27/h3-12H,1-2H3,(H,21,25)/t11-,12+/m0/s1. The Labute approximate surface area is 169 Å². The molecule has 29 heavy (non-hydrogen) atoms. The molecular formula is C19H17FN4O4S. The molecule has 0 aliphatic carbocycles. The van der Waals surface area contributed by atoms with Crippen LogP contribution in [-0.2, 0) is 4.79 Å². The van der Waals surface area contributed by atoms with Crippen molar-refractivity contribution in [2.75, 3.05) is 0 Å². The Balaban J connectivity index is 1.63. The van der Waals surface area contributed by atoms with Gasteiger partial charge in [0, 0.05) is 17.7 Å². The van der Waals surface area contributed by atoms with Gasteiger partial charge in [-0.05, 0) is 37.6 Å². The molecule has 0 radical (unpaired) electrons. The predicted molar refractivity (Wildman–Crippen MR) is 105 cm³/mol. The van der Waals surface area contributed by atoms with Gasteiger partial charge in [0.15, 0.2) is 0 Å². The number of non-ortho nitro benzene ring substituents is 1. The van der Waals surface area contributed by atoms with E-state index < -0.39 is 10.2 Å². The van der Waals surface area contributed by atoms with Crippen LogP contribution in [0.2, 0.25) is 0 Å². The lowest BCUT2D eigenvalue weighted by Crippen LogP contribution is -2.33. The fourth-order valence-electron chi connectivity index (χ4n) is 2.50. The monoisotopic (exact) mass is 416 g/mol. The van der Waals surface area contributed by atoms with Gasteiger partial charge in [-0.15, -0.1) is 10.2 Å². The summed E-state index contributed by atoms with van der Waals surface area (Å²) in [7, 11) is 0. The van der Waals surface area contributed by atoms with Gasteiger partial charge in [0.25, 0.3) is 10.9 Å². The first-order valence-corrected chi connectivity index (χ1v) is 9.52. The zero-order chi connectivity index (χ0) is 21.0. The second-order valence-corrected chi connectivity index (χ2v) is 7.51. The topological polar surface area (TPSA) is 111 Å². The van der Waals surface area contributed by atoms with Crippen LogP contribution >= 0.6 is 11.8 Å². The van der Waals surface area contributed by atoms with E-state index in [0.29, 0.717) is 5.56 Å². The summed E-state index contributed by atoms with van der Waals surface area (Å²) in [6.45, 7) is 3.49. The first-order valence-electron chi connectivity index (χ1n) is 8.64. The molecule has 1 N–H and O–H groups in total. The summed E-state index contributed by atoms with van der Waals surface area (Å²) in [5.74, 6) is -0.461. The number of hydrogen-bond donors (Lipinski definition) is 1. The van der Waals surface area contributed by atoms with Crippen molar-refractivity contribution in [1.82, 2.24) is 15.5 Å². The van der Waals surface area contributed by atoms with E-state index in [9.17, 15) is 19.3 Å². The average molecular weight is 416 g/mol. The minimum absolute atomic E-state index is 0.0857. The molecule has 1 aromatic heterocycles. The van der Waals surface area contributed by atoms with Crippen molar-refractivity contribution >= 4 is 23.4 Å². The number of nitrogens with one attached hydrogen (secondary N) is 1. The maximum absolute atomic E-state index is 13.0. The number of amides is 1. The molecule has 0 fully saturated rings. The molecule has 1 heterocycles. The Bertz CT molecular complexity index is 1030. The van der Waals surface area contributed by atoms with E-state index in [1.807, 2.05) is 0 Å². The molecule has 2 atom stereocenters. The van der Waals surface area contributed by atoms with E-state index in [1.54, 1.807) is 32.0 Å². The van der Waals surface area contributed by atoms with Gasteiger partial charge in [-0.2, -0.15) is 0 Å². The summed E-state index contributed by atoms with van der Waals surface area (Å²) in [4.78, 5) is 22.8. The molecule has 2 aromatic carbocycles. The van der Waals surface area contributed by atoms with Gasteiger partial charge in [-0.3, -0.25) is 14.9 Å². The molecule has 1 amide bonds. The summed E-state index contributed by atoms with van der Waals surface area (Å²) in [6.07, 6.45) is 0. The third kappa shape index (κ3) is 5.17. The normalized spacial score (nSPS) is 12.9. The van der Waals surface area contributed by atoms with Gasteiger partial charge in [0.2, 0.25) is 11.8 Å². The van der Waals surface area contributed by atoms with Crippen LogP contribution in [0.3, 0.4) is 0 Å². The highest BCUT2D eigenvalue weighted by Gasteiger charge is 2.21. The number of carbonyl (C=O) groups is 1. The number of thioether (sulfide) groups is 1. The average Bonchev–Trinajstić information content (AvgIpc) is 3.17. The van der Waals surface area contributed by atoms with Crippen molar-refractivity contribution in [3.63, 3.8) is 0 Å². The molecule has 0 unspecified atom stereocenters. The molecule has 10 heteroatoms. The molecule has 8 nitrogen and oxygen atoms in total. The van der Waals surface area contributed by atoms with Crippen LogP contribution in [0.15, 0.2) is 58.2 Å². The molecule has 0 saturated heterocycles. The van der Waals surface area contributed by atoms with E-state index in [4.69, 9.17) is 4.42 Å².